The van der Waals surface area contributed by atoms with E-state index in [1.165, 1.54) is 0 Å². The first-order valence-electron chi connectivity index (χ1n) is 8.20. The Morgan fingerprint density at radius 2 is 2.30 bits per heavy atom. The Labute approximate surface area is 135 Å². The molecule has 0 saturated carbocycles. The minimum atomic E-state index is -0.151. The van der Waals surface area contributed by atoms with Crippen LogP contribution in [-0.2, 0) is 27.3 Å². The molecule has 126 valence electrons. The number of amides is 1. The summed E-state index contributed by atoms with van der Waals surface area (Å²) in [4.78, 5) is 31.9. The lowest BCUT2D eigenvalue weighted by atomic mass is 10.2. The van der Waals surface area contributed by atoms with Crippen molar-refractivity contribution in [2.75, 3.05) is 19.7 Å². The monoisotopic (exact) mass is 321 g/mol. The van der Waals surface area contributed by atoms with Crippen LogP contribution in [0.2, 0.25) is 0 Å². The van der Waals surface area contributed by atoms with Gasteiger partial charge in [-0.25, -0.2) is 4.98 Å². The van der Waals surface area contributed by atoms with Gasteiger partial charge in [-0.15, -0.1) is 0 Å². The standard InChI is InChI=1S/C16H23N3O4/c1-3-13-8-17-15(23-13)10-19(11(2)20)12-4-6-18(9-12)14-5-7-22-16(14)21/h8,12,14H,3-7,9-10H2,1-2H3. The molecule has 2 fully saturated rings. The zero-order valence-electron chi connectivity index (χ0n) is 13.7. The van der Waals surface area contributed by atoms with Crippen LogP contribution in [0.25, 0.3) is 0 Å². The highest BCUT2D eigenvalue weighted by atomic mass is 16.5. The molecular weight excluding hydrogens is 298 g/mol. The number of hydrogen-bond acceptors (Lipinski definition) is 6. The van der Waals surface area contributed by atoms with E-state index < -0.39 is 0 Å². The number of likely N-dealkylation sites (tertiary alicyclic amines) is 1. The highest BCUT2D eigenvalue weighted by molar-refractivity contribution is 5.77. The van der Waals surface area contributed by atoms with Crippen LogP contribution in [0, 0.1) is 0 Å². The first-order chi connectivity index (χ1) is 11.1. The molecule has 2 aliphatic heterocycles. The number of aryl methyl sites for hydroxylation is 1. The van der Waals surface area contributed by atoms with Gasteiger partial charge < -0.3 is 14.1 Å². The van der Waals surface area contributed by atoms with Crippen LogP contribution in [0.1, 0.15) is 38.3 Å². The van der Waals surface area contributed by atoms with Gasteiger partial charge in [-0.3, -0.25) is 14.5 Å². The summed E-state index contributed by atoms with van der Waals surface area (Å²) in [5.74, 6) is 1.25. The van der Waals surface area contributed by atoms with Crippen LogP contribution >= 0.6 is 0 Å². The fourth-order valence-electron chi connectivity index (χ4n) is 3.35. The van der Waals surface area contributed by atoms with Crippen molar-refractivity contribution in [3.8, 4) is 0 Å². The molecule has 3 rings (SSSR count). The Hall–Kier alpha value is -1.89. The van der Waals surface area contributed by atoms with Gasteiger partial charge in [0.15, 0.2) is 0 Å². The number of cyclic esters (lactones) is 1. The van der Waals surface area contributed by atoms with Crippen LogP contribution in [0.3, 0.4) is 0 Å². The smallest absolute Gasteiger partial charge is 0.323 e. The number of carbonyl (C=O) groups excluding carboxylic acids is 2. The summed E-state index contributed by atoms with van der Waals surface area (Å²) in [6, 6.07) is -0.0693. The van der Waals surface area contributed by atoms with Crippen LogP contribution < -0.4 is 0 Å². The average molecular weight is 321 g/mol. The van der Waals surface area contributed by atoms with Crippen LogP contribution in [0.15, 0.2) is 10.6 Å². The highest BCUT2D eigenvalue weighted by Crippen LogP contribution is 2.24. The van der Waals surface area contributed by atoms with Gasteiger partial charge in [-0.1, -0.05) is 6.92 Å². The van der Waals surface area contributed by atoms with Crippen molar-refractivity contribution in [3.05, 3.63) is 17.8 Å². The summed E-state index contributed by atoms with van der Waals surface area (Å²) < 4.78 is 10.7. The molecule has 7 nitrogen and oxygen atoms in total. The first kappa shape index (κ1) is 16.0. The zero-order chi connectivity index (χ0) is 16.4. The normalized spacial score (nSPS) is 24.9. The summed E-state index contributed by atoms with van der Waals surface area (Å²) in [6.45, 7) is 5.94. The van der Waals surface area contributed by atoms with E-state index in [1.807, 2.05) is 6.92 Å². The van der Waals surface area contributed by atoms with E-state index in [4.69, 9.17) is 9.15 Å². The molecule has 7 heteroatoms. The number of aromatic nitrogens is 1. The average Bonchev–Trinajstić information content (AvgIpc) is 3.24. The molecule has 0 spiro atoms. The van der Waals surface area contributed by atoms with Gasteiger partial charge in [0.05, 0.1) is 19.3 Å². The molecule has 2 saturated heterocycles. The Morgan fingerprint density at radius 3 is 2.91 bits per heavy atom. The molecule has 0 N–H and O–H groups in total. The second kappa shape index (κ2) is 6.70. The summed E-state index contributed by atoms with van der Waals surface area (Å²) >= 11 is 0. The van der Waals surface area contributed by atoms with Crippen molar-refractivity contribution < 1.29 is 18.7 Å². The van der Waals surface area contributed by atoms with Gasteiger partial charge in [-0.2, -0.15) is 0 Å². The third kappa shape index (κ3) is 3.39. The first-order valence-corrected chi connectivity index (χ1v) is 8.20. The molecule has 3 heterocycles. The quantitative estimate of drug-likeness (QED) is 0.752. The van der Waals surface area contributed by atoms with Gasteiger partial charge in [0, 0.05) is 38.9 Å². The molecule has 23 heavy (non-hydrogen) atoms. The highest BCUT2D eigenvalue weighted by Gasteiger charge is 2.39. The lowest BCUT2D eigenvalue weighted by Gasteiger charge is -2.27. The number of hydrogen-bond donors (Lipinski definition) is 0. The summed E-state index contributed by atoms with van der Waals surface area (Å²) in [5.41, 5.74) is 0. The lowest BCUT2D eigenvalue weighted by molar-refractivity contribution is -0.142. The fraction of sp³-hybridized carbons (Fsp3) is 0.688. The molecule has 2 unspecified atom stereocenters. The van der Waals surface area contributed by atoms with Crippen molar-refractivity contribution in [2.45, 2.75) is 51.7 Å². The molecule has 1 amide bonds. The molecular formula is C16H23N3O4. The van der Waals surface area contributed by atoms with Gasteiger partial charge in [0.2, 0.25) is 11.8 Å². The van der Waals surface area contributed by atoms with Crippen molar-refractivity contribution in [1.82, 2.24) is 14.8 Å². The van der Waals surface area contributed by atoms with Gasteiger partial charge in [-0.05, 0) is 6.42 Å². The maximum Gasteiger partial charge on any atom is 0.323 e. The van der Waals surface area contributed by atoms with Crippen molar-refractivity contribution in [1.29, 1.82) is 0 Å². The maximum atomic E-state index is 12.1. The number of carbonyl (C=O) groups is 2. The Balaban J connectivity index is 1.65. The molecule has 1 aromatic heterocycles. The predicted octanol–water partition coefficient (Wildman–Crippen LogP) is 0.975. The van der Waals surface area contributed by atoms with Crippen LogP contribution in [0.5, 0.6) is 0 Å². The second-order valence-corrected chi connectivity index (χ2v) is 6.13. The maximum absolute atomic E-state index is 12.1. The third-order valence-corrected chi connectivity index (χ3v) is 4.64. The molecule has 0 radical (unpaired) electrons. The van der Waals surface area contributed by atoms with Crippen LogP contribution in [0.4, 0.5) is 0 Å². The fourth-order valence-corrected chi connectivity index (χ4v) is 3.35. The van der Waals surface area contributed by atoms with E-state index in [-0.39, 0.29) is 24.0 Å². The van der Waals surface area contributed by atoms with Crippen molar-refractivity contribution in [3.63, 3.8) is 0 Å². The second-order valence-electron chi connectivity index (χ2n) is 6.13. The summed E-state index contributed by atoms with van der Waals surface area (Å²) in [7, 11) is 0. The zero-order valence-corrected chi connectivity index (χ0v) is 13.7. The largest absolute Gasteiger partial charge is 0.464 e. The van der Waals surface area contributed by atoms with Gasteiger partial charge in [0.1, 0.15) is 11.8 Å². The molecule has 0 bridgehead atoms. The van der Waals surface area contributed by atoms with E-state index in [9.17, 15) is 9.59 Å². The molecule has 0 aliphatic carbocycles. The topological polar surface area (TPSA) is 75.9 Å². The minimum absolute atomic E-state index is 0.00194. The third-order valence-electron chi connectivity index (χ3n) is 4.64. The van der Waals surface area contributed by atoms with Gasteiger partial charge >= 0.3 is 5.97 Å². The Bertz CT molecular complexity index is 586. The molecule has 1 aromatic rings. The summed E-state index contributed by atoms with van der Waals surface area (Å²) in [6.07, 6.45) is 4.09. The SMILES string of the molecule is CCc1cnc(CN(C(C)=O)C2CCN(C3CCOC3=O)C2)o1. The number of rotatable bonds is 5. The minimum Gasteiger partial charge on any atom is -0.464 e. The molecule has 2 atom stereocenters. The van der Waals surface area contributed by atoms with E-state index in [0.717, 1.165) is 31.6 Å². The van der Waals surface area contributed by atoms with Gasteiger partial charge in [0.25, 0.3) is 0 Å². The molecule has 0 aromatic carbocycles. The summed E-state index contributed by atoms with van der Waals surface area (Å²) in [5, 5.41) is 0. The lowest BCUT2D eigenvalue weighted by Crippen LogP contribution is -2.43. The van der Waals surface area contributed by atoms with E-state index in [0.29, 0.717) is 25.6 Å². The predicted molar refractivity (Wildman–Crippen MR) is 81.4 cm³/mol. The van der Waals surface area contributed by atoms with E-state index in [2.05, 4.69) is 9.88 Å². The number of esters is 1. The Kier molecular flexibility index (Phi) is 4.66. The molecule has 2 aliphatic rings. The number of nitrogens with zero attached hydrogens (tertiary/aromatic N) is 3. The number of oxazole rings is 1. The van der Waals surface area contributed by atoms with E-state index in [1.54, 1.807) is 18.0 Å². The number of ether oxygens (including phenoxy) is 1. The van der Waals surface area contributed by atoms with E-state index >= 15 is 0 Å². The van der Waals surface area contributed by atoms with Crippen molar-refractivity contribution >= 4 is 11.9 Å². The van der Waals surface area contributed by atoms with Crippen molar-refractivity contribution in [2.24, 2.45) is 0 Å². The Morgan fingerprint density at radius 1 is 1.48 bits per heavy atom. The van der Waals surface area contributed by atoms with Crippen LogP contribution in [-0.4, -0.2) is 58.4 Å².